The molecule has 0 aromatic carbocycles. The Hall–Kier alpha value is -1.16. The van der Waals surface area contributed by atoms with E-state index < -0.39 is 0 Å². The standard InChI is InChI=1S/C23H43N3O/c1-4-6-7-8-9-10-11-12-13-14-15-16-17-23-25-19-21-26(23,5-2)20-18-24-22(3)27/h9-10,19,23H,4-8,11-18,20-21H2,1-3H3/p+1/b10-9+. The Morgan fingerprint density at radius 2 is 1.74 bits per heavy atom. The maximum absolute atomic E-state index is 11.1. The van der Waals surface area contributed by atoms with E-state index in [-0.39, 0.29) is 5.91 Å². The number of quaternary nitrogens is 1. The lowest BCUT2D eigenvalue weighted by Crippen LogP contribution is -2.55. The molecule has 27 heavy (non-hydrogen) atoms. The SMILES string of the molecule is CCCCC/C=C/CCCCCCCC1N=CC[N+]1(CC)CCNC(C)=O. The molecule has 4 heteroatoms. The number of likely N-dealkylation sites (N-methyl/N-ethyl adjacent to an activating group) is 1. The van der Waals surface area contributed by atoms with Gasteiger partial charge in [-0.15, -0.1) is 0 Å². The first-order valence-electron chi connectivity index (χ1n) is 11.4. The topological polar surface area (TPSA) is 41.5 Å². The van der Waals surface area contributed by atoms with Crippen LogP contribution >= 0.6 is 0 Å². The van der Waals surface area contributed by atoms with Gasteiger partial charge in [-0.1, -0.05) is 51.2 Å². The molecule has 0 radical (unpaired) electrons. The van der Waals surface area contributed by atoms with Crippen molar-refractivity contribution in [1.29, 1.82) is 0 Å². The molecule has 1 heterocycles. The van der Waals surface area contributed by atoms with E-state index in [4.69, 9.17) is 4.99 Å². The number of nitrogens with zero attached hydrogens (tertiary/aromatic N) is 2. The summed E-state index contributed by atoms with van der Waals surface area (Å²) in [6, 6.07) is 0. The van der Waals surface area contributed by atoms with Crippen molar-refractivity contribution >= 4 is 12.1 Å². The predicted octanol–water partition coefficient (Wildman–Crippen LogP) is 5.24. The van der Waals surface area contributed by atoms with Crippen LogP contribution < -0.4 is 5.32 Å². The third-order valence-corrected chi connectivity index (χ3v) is 5.89. The lowest BCUT2D eigenvalue weighted by Gasteiger charge is -2.38. The fourth-order valence-corrected chi connectivity index (χ4v) is 4.00. The molecular formula is C23H44N3O+. The predicted molar refractivity (Wildman–Crippen MR) is 117 cm³/mol. The van der Waals surface area contributed by atoms with Crippen molar-refractivity contribution in [3.63, 3.8) is 0 Å². The van der Waals surface area contributed by atoms with Crippen molar-refractivity contribution in [2.24, 2.45) is 4.99 Å². The second kappa shape index (κ2) is 14.8. The highest BCUT2D eigenvalue weighted by Crippen LogP contribution is 2.24. The normalized spacial score (nSPS) is 22.0. The fraction of sp³-hybridized carbons (Fsp3) is 0.826. The molecule has 0 aromatic heterocycles. The molecule has 0 fully saturated rings. The number of hydrogen-bond donors (Lipinski definition) is 1. The summed E-state index contributed by atoms with van der Waals surface area (Å²) < 4.78 is 1.02. The lowest BCUT2D eigenvalue weighted by atomic mass is 10.1. The van der Waals surface area contributed by atoms with Gasteiger partial charge in [0.2, 0.25) is 5.91 Å². The molecule has 2 atom stereocenters. The molecule has 1 aliphatic heterocycles. The zero-order valence-electron chi connectivity index (χ0n) is 18.2. The van der Waals surface area contributed by atoms with Gasteiger partial charge in [0.1, 0.15) is 6.54 Å². The van der Waals surface area contributed by atoms with E-state index in [1.165, 1.54) is 70.6 Å². The molecule has 1 aliphatic rings. The van der Waals surface area contributed by atoms with Crippen LogP contribution in [0.5, 0.6) is 0 Å². The molecular weight excluding hydrogens is 334 g/mol. The zero-order valence-corrected chi connectivity index (χ0v) is 18.2. The van der Waals surface area contributed by atoms with Crippen molar-refractivity contribution < 1.29 is 9.28 Å². The minimum atomic E-state index is 0.0664. The van der Waals surface area contributed by atoms with Crippen LogP contribution in [0.3, 0.4) is 0 Å². The third kappa shape index (κ3) is 10.1. The molecule has 2 unspecified atom stereocenters. The van der Waals surface area contributed by atoms with Crippen LogP contribution in [0.1, 0.15) is 91.4 Å². The van der Waals surface area contributed by atoms with Crippen molar-refractivity contribution in [2.75, 3.05) is 26.2 Å². The first-order chi connectivity index (χ1) is 13.1. The quantitative estimate of drug-likeness (QED) is 0.223. The summed E-state index contributed by atoms with van der Waals surface area (Å²) in [5.74, 6) is 0.0664. The molecule has 1 rings (SSSR count). The van der Waals surface area contributed by atoms with E-state index in [0.29, 0.717) is 6.17 Å². The van der Waals surface area contributed by atoms with Crippen molar-refractivity contribution in [3.8, 4) is 0 Å². The molecule has 156 valence electrons. The van der Waals surface area contributed by atoms with Crippen molar-refractivity contribution in [2.45, 2.75) is 97.6 Å². The molecule has 0 aromatic rings. The highest BCUT2D eigenvalue weighted by atomic mass is 16.1. The molecule has 0 spiro atoms. The maximum atomic E-state index is 11.1. The van der Waals surface area contributed by atoms with Crippen LogP contribution in [0.25, 0.3) is 0 Å². The van der Waals surface area contributed by atoms with Gasteiger partial charge in [0.05, 0.1) is 25.8 Å². The Bertz CT molecular complexity index is 447. The molecule has 0 saturated heterocycles. The van der Waals surface area contributed by atoms with Crippen LogP contribution in [-0.4, -0.2) is 48.9 Å². The van der Waals surface area contributed by atoms with E-state index in [0.717, 1.165) is 30.7 Å². The van der Waals surface area contributed by atoms with Crippen LogP contribution in [0.4, 0.5) is 0 Å². The average Bonchev–Trinajstić information content (AvgIpc) is 3.05. The van der Waals surface area contributed by atoms with Gasteiger partial charge in [-0.05, 0) is 39.0 Å². The maximum Gasteiger partial charge on any atom is 0.217 e. The Kier molecular flexibility index (Phi) is 13.1. The Labute approximate surface area is 168 Å². The Balaban J connectivity index is 2.10. The lowest BCUT2D eigenvalue weighted by molar-refractivity contribution is -0.935. The fourth-order valence-electron chi connectivity index (χ4n) is 4.00. The van der Waals surface area contributed by atoms with Crippen LogP contribution in [-0.2, 0) is 4.79 Å². The third-order valence-electron chi connectivity index (χ3n) is 5.89. The molecule has 4 nitrogen and oxygen atoms in total. The molecule has 0 saturated carbocycles. The van der Waals surface area contributed by atoms with Crippen molar-refractivity contribution in [1.82, 2.24) is 5.32 Å². The molecule has 0 bridgehead atoms. The van der Waals surface area contributed by atoms with E-state index in [9.17, 15) is 4.79 Å². The van der Waals surface area contributed by atoms with Crippen molar-refractivity contribution in [3.05, 3.63) is 12.2 Å². The number of unbranched alkanes of at least 4 members (excludes halogenated alkanes) is 8. The summed E-state index contributed by atoms with van der Waals surface area (Å²) in [5.41, 5.74) is 0. The van der Waals surface area contributed by atoms with E-state index in [2.05, 4.69) is 37.5 Å². The second-order valence-electron chi connectivity index (χ2n) is 8.05. The highest BCUT2D eigenvalue weighted by Gasteiger charge is 2.37. The summed E-state index contributed by atoms with van der Waals surface area (Å²) in [7, 11) is 0. The van der Waals surface area contributed by atoms with Gasteiger partial charge >= 0.3 is 0 Å². The summed E-state index contributed by atoms with van der Waals surface area (Å²) in [5, 5.41) is 2.95. The smallest absolute Gasteiger partial charge is 0.217 e. The number of aliphatic imine (C=N–C) groups is 1. The van der Waals surface area contributed by atoms with Crippen LogP contribution in [0.15, 0.2) is 17.1 Å². The van der Waals surface area contributed by atoms with Gasteiger partial charge < -0.3 is 5.32 Å². The van der Waals surface area contributed by atoms with Gasteiger partial charge in [-0.3, -0.25) is 9.28 Å². The first kappa shape index (κ1) is 23.9. The van der Waals surface area contributed by atoms with E-state index >= 15 is 0 Å². The molecule has 1 N–H and O–H groups in total. The van der Waals surface area contributed by atoms with Gasteiger partial charge in [0.15, 0.2) is 6.17 Å². The Morgan fingerprint density at radius 3 is 2.41 bits per heavy atom. The molecule has 0 aliphatic carbocycles. The number of hydrogen-bond acceptors (Lipinski definition) is 2. The minimum absolute atomic E-state index is 0.0664. The summed E-state index contributed by atoms with van der Waals surface area (Å²) >= 11 is 0. The van der Waals surface area contributed by atoms with Gasteiger partial charge in [0, 0.05) is 13.3 Å². The summed E-state index contributed by atoms with van der Waals surface area (Å²) in [6.07, 6.45) is 21.6. The van der Waals surface area contributed by atoms with E-state index in [1.54, 1.807) is 6.92 Å². The number of carbonyl (C=O) groups excluding carboxylic acids is 1. The van der Waals surface area contributed by atoms with E-state index in [1.807, 2.05) is 0 Å². The first-order valence-corrected chi connectivity index (χ1v) is 11.4. The zero-order chi connectivity index (χ0) is 19.8. The van der Waals surface area contributed by atoms with Crippen LogP contribution in [0.2, 0.25) is 0 Å². The number of amides is 1. The van der Waals surface area contributed by atoms with Gasteiger partial charge in [0.25, 0.3) is 0 Å². The van der Waals surface area contributed by atoms with Crippen LogP contribution in [0, 0.1) is 0 Å². The summed E-state index contributed by atoms with van der Waals surface area (Å²) in [4.78, 5) is 15.9. The number of allylic oxidation sites excluding steroid dienone is 2. The number of carbonyl (C=O) groups is 1. The largest absolute Gasteiger partial charge is 0.351 e. The monoisotopic (exact) mass is 378 g/mol. The highest BCUT2D eigenvalue weighted by molar-refractivity contribution is 5.72. The van der Waals surface area contributed by atoms with Gasteiger partial charge in [-0.2, -0.15) is 0 Å². The Morgan fingerprint density at radius 1 is 1.07 bits per heavy atom. The number of nitrogens with one attached hydrogen (secondary N) is 1. The minimum Gasteiger partial charge on any atom is -0.351 e. The second-order valence-corrected chi connectivity index (χ2v) is 8.05. The number of rotatable bonds is 16. The summed E-state index contributed by atoms with van der Waals surface area (Å²) in [6.45, 7) is 9.97. The average molecular weight is 379 g/mol. The molecule has 1 amide bonds. The van der Waals surface area contributed by atoms with Gasteiger partial charge in [-0.25, -0.2) is 4.99 Å².